The molecule has 16 nitrogen and oxygen atoms in total. The second kappa shape index (κ2) is 14.1. The molecular weight excluding hydrogens is 578 g/mol. The van der Waals surface area contributed by atoms with E-state index in [2.05, 4.69) is 4.74 Å². The number of terminal acetylenes is 1. The standard InChI is InChI=1S/C23H32FN2O14P/c1-6-22(32)17(28)23(24,40-18(22)26-9-8-16(27)25-19(26)29)12-36-41(33,37-13-35-21(31)39-15(4)5)11-7-10-34-20(30)38-14(2)3/h1,8-9,14-15,17-18,28,32H,7,10-13H2,2-5H3,(H,25,27,29)/t17-,18+,22+,23+,41?/m0/s1. The fraction of sp³-hybridized carbons (Fsp3) is 0.652. The first-order valence-electron chi connectivity index (χ1n) is 12.2. The molecule has 1 fully saturated rings. The number of aromatic nitrogens is 2. The van der Waals surface area contributed by atoms with Gasteiger partial charge in [-0.1, -0.05) is 5.92 Å². The van der Waals surface area contributed by atoms with Crippen LogP contribution >= 0.6 is 7.60 Å². The van der Waals surface area contributed by atoms with Crippen molar-refractivity contribution >= 4 is 19.9 Å². The lowest BCUT2D eigenvalue weighted by atomic mass is 9.94. The molecule has 41 heavy (non-hydrogen) atoms. The van der Waals surface area contributed by atoms with Gasteiger partial charge in [0.05, 0.1) is 25.0 Å². The van der Waals surface area contributed by atoms with E-state index in [4.69, 9.17) is 34.4 Å². The Labute approximate surface area is 233 Å². The van der Waals surface area contributed by atoms with Gasteiger partial charge in [-0.05, 0) is 34.1 Å². The van der Waals surface area contributed by atoms with E-state index in [1.54, 1.807) is 33.6 Å². The number of carbonyl (C=O) groups excluding carboxylic acids is 2. The Hall–Kier alpha value is -3.26. The molecule has 5 atom stereocenters. The molecule has 1 unspecified atom stereocenters. The fourth-order valence-electron chi connectivity index (χ4n) is 3.32. The first-order valence-corrected chi connectivity index (χ1v) is 13.9. The molecule has 1 aromatic heterocycles. The largest absolute Gasteiger partial charge is 0.510 e. The Bertz CT molecular complexity index is 1280. The zero-order valence-corrected chi connectivity index (χ0v) is 23.5. The summed E-state index contributed by atoms with van der Waals surface area (Å²) in [5.41, 5.74) is -4.83. The van der Waals surface area contributed by atoms with Gasteiger partial charge in [0, 0.05) is 12.3 Å². The Balaban J connectivity index is 2.19. The van der Waals surface area contributed by atoms with Gasteiger partial charge >= 0.3 is 25.6 Å². The zero-order valence-electron chi connectivity index (χ0n) is 22.6. The number of aliphatic hydroxyl groups excluding tert-OH is 1. The molecule has 1 aromatic rings. The predicted molar refractivity (Wildman–Crippen MR) is 134 cm³/mol. The maximum atomic E-state index is 15.9. The lowest BCUT2D eigenvalue weighted by Crippen LogP contribution is -2.51. The van der Waals surface area contributed by atoms with Crippen molar-refractivity contribution in [3.05, 3.63) is 33.1 Å². The van der Waals surface area contributed by atoms with Gasteiger partial charge in [-0.3, -0.25) is 23.4 Å². The van der Waals surface area contributed by atoms with E-state index >= 15 is 4.39 Å². The molecule has 0 saturated carbocycles. The van der Waals surface area contributed by atoms with Gasteiger partial charge in [0.2, 0.25) is 12.4 Å². The summed E-state index contributed by atoms with van der Waals surface area (Å²) in [6.45, 7) is 3.59. The highest BCUT2D eigenvalue weighted by Gasteiger charge is 2.65. The highest BCUT2D eigenvalue weighted by Crippen LogP contribution is 2.52. The zero-order chi connectivity index (χ0) is 31.0. The third kappa shape index (κ3) is 9.12. The summed E-state index contributed by atoms with van der Waals surface area (Å²) in [5.74, 6) is -1.62. The third-order valence-electron chi connectivity index (χ3n) is 5.19. The summed E-state index contributed by atoms with van der Waals surface area (Å²) in [7, 11) is -4.42. The Kier molecular flexibility index (Phi) is 11.7. The van der Waals surface area contributed by atoms with E-state index < -0.39 is 86.7 Å². The van der Waals surface area contributed by atoms with Gasteiger partial charge in [0.15, 0.2) is 12.3 Å². The van der Waals surface area contributed by atoms with E-state index in [9.17, 15) is 34.0 Å². The van der Waals surface area contributed by atoms with Crippen molar-refractivity contribution in [3.8, 4) is 12.3 Å². The number of carbonyl (C=O) groups is 2. The molecule has 230 valence electrons. The van der Waals surface area contributed by atoms with Crippen molar-refractivity contribution in [3.63, 3.8) is 0 Å². The first-order chi connectivity index (χ1) is 19.0. The Morgan fingerprint density at radius 2 is 1.80 bits per heavy atom. The van der Waals surface area contributed by atoms with E-state index in [-0.39, 0.29) is 13.0 Å². The maximum absolute atomic E-state index is 15.9. The monoisotopic (exact) mass is 610 g/mol. The number of hydrogen-bond acceptors (Lipinski definition) is 14. The minimum Gasteiger partial charge on any atom is -0.434 e. The molecule has 0 aromatic carbocycles. The van der Waals surface area contributed by atoms with Crippen molar-refractivity contribution in [2.24, 2.45) is 0 Å². The molecule has 1 saturated heterocycles. The molecule has 0 aliphatic carbocycles. The lowest BCUT2D eigenvalue weighted by molar-refractivity contribution is -0.204. The molecule has 0 bridgehead atoms. The number of nitrogens with zero attached hydrogens (tertiary/aromatic N) is 1. The van der Waals surface area contributed by atoms with Gasteiger partial charge in [0.1, 0.15) is 6.61 Å². The summed E-state index contributed by atoms with van der Waals surface area (Å²) < 4.78 is 64.1. The van der Waals surface area contributed by atoms with Crippen molar-refractivity contribution in [1.29, 1.82) is 0 Å². The second-order valence-corrected chi connectivity index (χ2v) is 11.4. The van der Waals surface area contributed by atoms with Gasteiger partial charge in [-0.15, -0.1) is 6.42 Å². The molecule has 1 aliphatic heterocycles. The van der Waals surface area contributed by atoms with Gasteiger partial charge in [-0.25, -0.2) is 18.8 Å². The topological polar surface area (TPSA) is 211 Å². The van der Waals surface area contributed by atoms with Crippen LogP contribution in [-0.4, -0.2) is 88.0 Å². The summed E-state index contributed by atoms with van der Waals surface area (Å²) in [6, 6.07) is 0.855. The van der Waals surface area contributed by atoms with Crippen LogP contribution < -0.4 is 11.2 Å². The van der Waals surface area contributed by atoms with E-state index in [0.717, 1.165) is 12.3 Å². The second-order valence-electron chi connectivity index (χ2n) is 9.18. The van der Waals surface area contributed by atoms with Crippen molar-refractivity contribution in [1.82, 2.24) is 9.55 Å². The summed E-state index contributed by atoms with van der Waals surface area (Å²) >= 11 is 0. The minimum atomic E-state index is -4.42. The number of alkyl halides is 1. The van der Waals surface area contributed by atoms with Crippen LogP contribution in [0, 0.1) is 12.3 Å². The van der Waals surface area contributed by atoms with Crippen LogP contribution in [-0.2, 0) is 37.3 Å². The van der Waals surface area contributed by atoms with Crippen LogP contribution in [0.15, 0.2) is 21.9 Å². The molecule has 1 aliphatic rings. The highest BCUT2D eigenvalue weighted by atomic mass is 31.2. The maximum Gasteiger partial charge on any atom is 0.510 e. The minimum absolute atomic E-state index is 0.173. The van der Waals surface area contributed by atoms with Crippen LogP contribution in [0.25, 0.3) is 0 Å². The number of nitrogens with one attached hydrogen (secondary N) is 1. The molecule has 18 heteroatoms. The predicted octanol–water partition coefficient (Wildman–Crippen LogP) is 1.15. The smallest absolute Gasteiger partial charge is 0.434 e. The third-order valence-corrected chi connectivity index (χ3v) is 7.07. The number of aromatic amines is 1. The summed E-state index contributed by atoms with van der Waals surface area (Å²) in [4.78, 5) is 48.6. The molecule has 0 spiro atoms. The molecule has 3 N–H and O–H groups in total. The number of ether oxygens (including phenoxy) is 5. The number of aliphatic hydroxyl groups is 2. The Morgan fingerprint density at radius 3 is 2.37 bits per heavy atom. The van der Waals surface area contributed by atoms with Crippen molar-refractivity contribution in [2.45, 2.75) is 70.1 Å². The number of rotatable bonds is 13. The van der Waals surface area contributed by atoms with Crippen LogP contribution in [0.1, 0.15) is 40.3 Å². The van der Waals surface area contributed by atoms with Crippen molar-refractivity contribution < 1.29 is 61.5 Å². The Morgan fingerprint density at radius 1 is 1.20 bits per heavy atom. The molecule has 0 amide bonds. The van der Waals surface area contributed by atoms with Crippen LogP contribution in [0.5, 0.6) is 0 Å². The van der Waals surface area contributed by atoms with E-state index in [0.29, 0.717) is 4.57 Å². The lowest BCUT2D eigenvalue weighted by Gasteiger charge is -2.27. The molecule has 2 heterocycles. The summed E-state index contributed by atoms with van der Waals surface area (Å²) in [6.07, 6.45) is -2.35. The molecule has 0 radical (unpaired) electrons. The fourth-order valence-corrected chi connectivity index (χ4v) is 4.76. The highest BCUT2D eigenvalue weighted by molar-refractivity contribution is 7.53. The number of H-pyrrole nitrogens is 1. The summed E-state index contributed by atoms with van der Waals surface area (Å²) in [5, 5.41) is 21.4. The molecule has 2 rings (SSSR count). The van der Waals surface area contributed by atoms with Gasteiger partial charge < -0.3 is 38.4 Å². The first kappa shape index (κ1) is 33.9. The van der Waals surface area contributed by atoms with Crippen LogP contribution in [0.2, 0.25) is 0 Å². The number of hydrogen-bond donors (Lipinski definition) is 3. The molecular formula is C23H32FN2O14P. The van der Waals surface area contributed by atoms with Crippen molar-refractivity contribution in [2.75, 3.05) is 26.2 Å². The van der Waals surface area contributed by atoms with Gasteiger partial charge in [0.25, 0.3) is 11.4 Å². The number of halogens is 1. The van der Waals surface area contributed by atoms with Crippen LogP contribution in [0.3, 0.4) is 0 Å². The average Bonchev–Trinajstić information content (AvgIpc) is 3.07. The van der Waals surface area contributed by atoms with Gasteiger partial charge in [-0.2, -0.15) is 0 Å². The average molecular weight is 610 g/mol. The normalized spacial score (nSPS) is 25.4. The van der Waals surface area contributed by atoms with E-state index in [1.807, 2.05) is 4.98 Å². The SMILES string of the molecule is C#C[C@]1(O)[C@H](n2ccc(=O)[nH]c2=O)O[C@](F)(COP(=O)(CCCOC(=O)OC(C)C)OCOC(=O)OC(C)C)[C@H]1O. The quantitative estimate of drug-likeness (QED) is 0.0941. The van der Waals surface area contributed by atoms with E-state index in [1.165, 1.54) is 0 Å². The van der Waals surface area contributed by atoms with Crippen LogP contribution in [0.4, 0.5) is 14.0 Å².